The summed E-state index contributed by atoms with van der Waals surface area (Å²) in [5.74, 6) is 0. The zero-order valence-electron chi connectivity index (χ0n) is 10.8. The van der Waals surface area contributed by atoms with E-state index in [1.54, 1.807) is 4.31 Å². The van der Waals surface area contributed by atoms with Crippen LogP contribution in [0.1, 0.15) is 26.2 Å². The Labute approximate surface area is 109 Å². The minimum Gasteiger partial charge on any atom is -0.394 e. The van der Waals surface area contributed by atoms with Crippen molar-refractivity contribution in [1.29, 1.82) is 0 Å². The maximum Gasteiger partial charge on any atom is 0.282 e. The highest BCUT2D eigenvalue weighted by Gasteiger charge is 2.36. The van der Waals surface area contributed by atoms with Gasteiger partial charge in [0, 0.05) is 26.2 Å². The second kappa shape index (κ2) is 5.83. The van der Waals surface area contributed by atoms with Gasteiger partial charge in [0.15, 0.2) is 0 Å². The molecule has 0 bridgehead atoms. The van der Waals surface area contributed by atoms with E-state index in [9.17, 15) is 8.42 Å². The van der Waals surface area contributed by atoms with Gasteiger partial charge in [-0.05, 0) is 19.8 Å². The molecule has 0 aromatic heterocycles. The lowest BCUT2D eigenvalue weighted by Gasteiger charge is -2.38. The molecule has 2 unspecified atom stereocenters. The van der Waals surface area contributed by atoms with Crippen LogP contribution in [0.15, 0.2) is 0 Å². The fourth-order valence-corrected chi connectivity index (χ4v) is 4.35. The molecule has 0 saturated carbocycles. The molecule has 0 aromatic carbocycles. The van der Waals surface area contributed by atoms with Crippen LogP contribution >= 0.6 is 0 Å². The van der Waals surface area contributed by atoms with E-state index in [0.29, 0.717) is 19.6 Å². The Balaban J connectivity index is 2.08. The first-order valence-corrected chi connectivity index (χ1v) is 7.95. The third-order valence-electron chi connectivity index (χ3n) is 3.46. The van der Waals surface area contributed by atoms with Crippen LogP contribution in [-0.2, 0) is 14.9 Å². The van der Waals surface area contributed by atoms with Gasteiger partial charge in [-0.25, -0.2) is 0 Å². The summed E-state index contributed by atoms with van der Waals surface area (Å²) in [5.41, 5.74) is 0. The number of hydrogen-bond acceptors (Lipinski definition) is 4. The molecule has 1 N–H and O–H groups in total. The molecule has 0 amide bonds. The first kappa shape index (κ1) is 14.2. The smallest absolute Gasteiger partial charge is 0.282 e. The molecule has 2 rings (SSSR count). The Morgan fingerprint density at radius 3 is 2.44 bits per heavy atom. The Hall–Kier alpha value is -0.210. The zero-order chi connectivity index (χ0) is 13.2. The third-order valence-corrected chi connectivity index (χ3v) is 5.43. The highest BCUT2D eigenvalue weighted by atomic mass is 32.2. The van der Waals surface area contributed by atoms with E-state index in [1.165, 1.54) is 4.31 Å². The predicted octanol–water partition coefficient (Wildman–Crippen LogP) is -0.201. The van der Waals surface area contributed by atoms with Gasteiger partial charge in [-0.1, -0.05) is 6.42 Å². The number of morpholine rings is 1. The lowest BCUT2D eigenvalue weighted by molar-refractivity contribution is -0.0761. The predicted molar refractivity (Wildman–Crippen MR) is 67.3 cm³/mol. The van der Waals surface area contributed by atoms with Gasteiger partial charge >= 0.3 is 0 Å². The minimum absolute atomic E-state index is 0.143. The average molecular weight is 278 g/mol. The lowest BCUT2D eigenvalue weighted by atomic mass is 10.2. The molecule has 2 saturated heterocycles. The number of aliphatic hydroxyl groups excluding tert-OH is 1. The topological polar surface area (TPSA) is 70.1 Å². The van der Waals surface area contributed by atoms with Crippen molar-refractivity contribution in [2.45, 2.75) is 38.4 Å². The molecule has 0 aromatic rings. The summed E-state index contributed by atoms with van der Waals surface area (Å²) in [6.07, 6.45) is 2.39. The molecule has 0 spiro atoms. The molecule has 0 aliphatic carbocycles. The van der Waals surface area contributed by atoms with Crippen molar-refractivity contribution in [3.63, 3.8) is 0 Å². The summed E-state index contributed by atoms with van der Waals surface area (Å²) in [5, 5.41) is 9.14. The number of nitrogens with zero attached hydrogens (tertiary/aromatic N) is 2. The monoisotopic (exact) mass is 278 g/mol. The van der Waals surface area contributed by atoms with Crippen molar-refractivity contribution < 1.29 is 18.3 Å². The average Bonchev–Trinajstić information content (AvgIpc) is 2.39. The maximum atomic E-state index is 12.5. The number of rotatable bonds is 3. The summed E-state index contributed by atoms with van der Waals surface area (Å²) < 4.78 is 33.4. The standard InChI is InChI=1S/C11H22N2O4S/c1-10-7-13(8-11(9-14)17-10)18(15,16)12-5-3-2-4-6-12/h10-11,14H,2-9H2,1H3. The summed E-state index contributed by atoms with van der Waals surface area (Å²) in [4.78, 5) is 0. The second-order valence-electron chi connectivity index (χ2n) is 5.04. The normalized spacial score (nSPS) is 32.6. The van der Waals surface area contributed by atoms with Crippen molar-refractivity contribution in [3.05, 3.63) is 0 Å². The van der Waals surface area contributed by atoms with Gasteiger partial charge in [0.1, 0.15) is 0 Å². The Bertz CT molecular complexity index is 367. The number of piperidine rings is 1. The van der Waals surface area contributed by atoms with Crippen LogP contribution in [0.4, 0.5) is 0 Å². The molecular formula is C11H22N2O4S. The summed E-state index contributed by atoms with van der Waals surface area (Å²) in [6.45, 7) is 3.53. The van der Waals surface area contributed by atoms with Gasteiger partial charge < -0.3 is 9.84 Å². The quantitative estimate of drug-likeness (QED) is 0.776. The first-order valence-electron chi connectivity index (χ1n) is 6.55. The SMILES string of the molecule is CC1CN(S(=O)(=O)N2CCCCC2)CC(CO)O1. The van der Waals surface area contributed by atoms with Crippen molar-refractivity contribution in [1.82, 2.24) is 8.61 Å². The number of aliphatic hydroxyl groups is 1. The number of hydrogen-bond donors (Lipinski definition) is 1. The molecule has 2 atom stereocenters. The molecule has 6 nitrogen and oxygen atoms in total. The number of ether oxygens (including phenoxy) is 1. The van der Waals surface area contributed by atoms with E-state index in [2.05, 4.69) is 0 Å². The van der Waals surface area contributed by atoms with Crippen LogP contribution in [0.5, 0.6) is 0 Å². The van der Waals surface area contributed by atoms with Crippen LogP contribution in [0.3, 0.4) is 0 Å². The third kappa shape index (κ3) is 3.03. The van der Waals surface area contributed by atoms with Gasteiger partial charge in [-0.15, -0.1) is 0 Å². The van der Waals surface area contributed by atoms with E-state index in [0.717, 1.165) is 19.3 Å². The summed E-state index contributed by atoms with van der Waals surface area (Å²) in [7, 11) is -3.39. The maximum absolute atomic E-state index is 12.5. The zero-order valence-corrected chi connectivity index (χ0v) is 11.6. The van der Waals surface area contributed by atoms with Gasteiger partial charge in [0.2, 0.25) is 0 Å². The minimum atomic E-state index is -3.39. The highest BCUT2D eigenvalue weighted by molar-refractivity contribution is 7.86. The van der Waals surface area contributed by atoms with Gasteiger partial charge in [-0.2, -0.15) is 17.0 Å². The lowest BCUT2D eigenvalue weighted by Crippen LogP contribution is -2.55. The molecule has 7 heteroatoms. The molecule has 106 valence electrons. The van der Waals surface area contributed by atoms with Crippen molar-refractivity contribution in [2.24, 2.45) is 0 Å². The van der Waals surface area contributed by atoms with Crippen LogP contribution in [0, 0.1) is 0 Å². The van der Waals surface area contributed by atoms with E-state index < -0.39 is 16.3 Å². The van der Waals surface area contributed by atoms with Crippen LogP contribution in [0.2, 0.25) is 0 Å². The van der Waals surface area contributed by atoms with Crippen molar-refractivity contribution >= 4 is 10.2 Å². The van der Waals surface area contributed by atoms with Crippen LogP contribution < -0.4 is 0 Å². The van der Waals surface area contributed by atoms with E-state index in [1.807, 2.05) is 6.92 Å². The molecule has 2 heterocycles. The summed E-state index contributed by atoms with van der Waals surface area (Å²) >= 11 is 0. The fourth-order valence-electron chi connectivity index (χ4n) is 2.55. The van der Waals surface area contributed by atoms with Gasteiger partial charge in [-0.3, -0.25) is 0 Å². The first-order chi connectivity index (χ1) is 8.54. The summed E-state index contributed by atoms with van der Waals surface area (Å²) in [6, 6.07) is 0. The van der Waals surface area contributed by atoms with Crippen molar-refractivity contribution in [2.75, 3.05) is 32.8 Å². The van der Waals surface area contributed by atoms with Gasteiger partial charge in [0.05, 0.1) is 18.8 Å². The fraction of sp³-hybridized carbons (Fsp3) is 1.00. The molecule has 2 fully saturated rings. The Morgan fingerprint density at radius 2 is 1.83 bits per heavy atom. The van der Waals surface area contributed by atoms with Crippen LogP contribution in [0.25, 0.3) is 0 Å². The molecule has 2 aliphatic heterocycles. The highest BCUT2D eigenvalue weighted by Crippen LogP contribution is 2.20. The van der Waals surface area contributed by atoms with Crippen LogP contribution in [-0.4, -0.2) is 67.1 Å². The Kier molecular flexibility index (Phi) is 4.60. The second-order valence-corrected chi connectivity index (χ2v) is 6.96. The molecule has 18 heavy (non-hydrogen) atoms. The van der Waals surface area contributed by atoms with E-state index in [4.69, 9.17) is 9.84 Å². The molecular weight excluding hydrogens is 256 g/mol. The van der Waals surface area contributed by atoms with E-state index >= 15 is 0 Å². The largest absolute Gasteiger partial charge is 0.394 e. The molecule has 2 aliphatic rings. The van der Waals surface area contributed by atoms with Gasteiger partial charge in [0.25, 0.3) is 10.2 Å². The van der Waals surface area contributed by atoms with E-state index in [-0.39, 0.29) is 19.3 Å². The molecule has 0 radical (unpaired) electrons. The Morgan fingerprint density at radius 1 is 1.17 bits per heavy atom. The van der Waals surface area contributed by atoms with Crippen molar-refractivity contribution in [3.8, 4) is 0 Å².